The fourth-order valence-corrected chi connectivity index (χ4v) is 4.54. The van der Waals surface area contributed by atoms with Gasteiger partial charge in [0, 0.05) is 5.46 Å². The first-order valence-corrected chi connectivity index (χ1v) is 11.0. The van der Waals surface area contributed by atoms with E-state index in [1.165, 1.54) is 0 Å². The van der Waals surface area contributed by atoms with Crippen molar-refractivity contribution in [2.75, 3.05) is 0 Å². The Morgan fingerprint density at radius 1 is 1.23 bits per heavy atom. The van der Waals surface area contributed by atoms with Crippen LogP contribution in [0.2, 0.25) is 0 Å². The van der Waals surface area contributed by atoms with E-state index in [-0.39, 0.29) is 11.4 Å². The van der Waals surface area contributed by atoms with Crippen molar-refractivity contribution in [3.05, 3.63) is 23.8 Å². The molecule has 1 aliphatic heterocycles. The van der Waals surface area contributed by atoms with Crippen LogP contribution in [0.25, 0.3) is 11.0 Å². The average Bonchev–Trinajstić information content (AvgIpc) is 3.19. The summed E-state index contributed by atoms with van der Waals surface area (Å²) >= 11 is 0. The molecule has 1 aromatic carbocycles. The minimum atomic E-state index is -1.11. The second kappa shape index (κ2) is 7.78. The van der Waals surface area contributed by atoms with E-state index < -0.39 is 36.3 Å². The molecule has 2 fully saturated rings. The molecule has 1 atom stereocenters. The summed E-state index contributed by atoms with van der Waals surface area (Å²) in [6.45, 7) is 9.89. The van der Waals surface area contributed by atoms with Gasteiger partial charge in [-0.2, -0.15) is 0 Å². The van der Waals surface area contributed by atoms with E-state index in [1.54, 1.807) is 12.1 Å². The zero-order valence-corrected chi connectivity index (χ0v) is 18.8. The smallest absolute Gasteiger partial charge is 0.465 e. The van der Waals surface area contributed by atoms with Gasteiger partial charge in [-0.1, -0.05) is 25.8 Å². The van der Waals surface area contributed by atoms with Crippen LogP contribution in [0.5, 0.6) is 0 Å². The number of imidazole rings is 1. The zero-order valence-electron chi connectivity index (χ0n) is 18.8. The monoisotopic (exact) mass is 431 g/mol. The highest BCUT2D eigenvalue weighted by molar-refractivity contribution is 6.62. The number of aromatic amines is 1. The maximum Gasteiger partial charge on any atom is 0.497 e. The van der Waals surface area contributed by atoms with Gasteiger partial charge in [0.15, 0.2) is 5.82 Å². The van der Waals surface area contributed by atoms with Crippen molar-refractivity contribution in [3.8, 4) is 0 Å². The predicted molar refractivity (Wildman–Crippen MR) is 117 cm³/mol. The van der Waals surface area contributed by atoms with Crippen molar-refractivity contribution < 1.29 is 23.6 Å². The van der Waals surface area contributed by atoms with E-state index in [1.807, 2.05) is 27.7 Å². The van der Waals surface area contributed by atoms with Crippen LogP contribution in [0.3, 0.4) is 0 Å². The summed E-state index contributed by atoms with van der Waals surface area (Å²) in [4.78, 5) is 19.1. The Hall–Kier alpha value is -2.13. The van der Waals surface area contributed by atoms with Crippen LogP contribution >= 0.6 is 0 Å². The van der Waals surface area contributed by atoms with Gasteiger partial charge < -0.3 is 24.7 Å². The maximum atomic E-state index is 15.5. The molecule has 0 bridgehead atoms. The Balaban J connectivity index is 1.67. The largest absolute Gasteiger partial charge is 0.497 e. The molecule has 2 aliphatic rings. The van der Waals surface area contributed by atoms with Crippen LogP contribution in [0.15, 0.2) is 12.1 Å². The molecule has 3 N–H and O–H groups in total. The third-order valence-corrected chi connectivity index (χ3v) is 7.25. The molecule has 0 spiro atoms. The standard InChI is InChI=1S/C22H31BFN3O4/c1-12-6-8-13(9-7-12)17(27-20(28)29)19-25-15-11-10-14(16(24)18(15)26-19)23-30-21(2,3)22(4,5)31-23/h10-13,17,27H,6-9H2,1-5H3,(H,25,26)(H,28,29)/t12?,13?,17-/m0/s1. The van der Waals surface area contributed by atoms with Crippen LogP contribution in [0.1, 0.15) is 72.2 Å². The van der Waals surface area contributed by atoms with E-state index >= 15 is 4.39 Å². The van der Waals surface area contributed by atoms with E-state index in [0.717, 1.165) is 25.7 Å². The van der Waals surface area contributed by atoms with E-state index in [0.29, 0.717) is 22.7 Å². The molecule has 31 heavy (non-hydrogen) atoms. The molecule has 4 rings (SSSR count). The van der Waals surface area contributed by atoms with E-state index in [4.69, 9.17) is 9.31 Å². The molecule has 2 heterocycles. The van der Waals surface area contributed by atoms with Crippen molar-refractivity contribution in [2.24, 2.45) is 11.8 Å². The Morgan fingerprint density at radius 3 is 2.42 bits per heavy atom. The quantitative estimate of drug-likeness (QED) is 0.633. The average molecular weight is 431 g/mol. The Bertz CT molecular complexity index is 969. The topological polar surface area (TPSA) is 96.5 Å². The van der Waals surface area contributed by atoms with Crippen LogP contribution in [0.4, 0.5) is 9.18 Å². The van der Waals surface area contributed by atoms with Gasteiger partial charge in [0.05, 0.1) is 22.8 Å². The summed E-state index contributed by atoms with van der Waals surface area (Å²) in [7, 11) is -0.831. The van der Waals surface area contributed by atoms with E-state index in [9.17, 15) is 9.90 Å². The normalized spacial score (nSPS) is 26.2. The summed E-state index contributed by atoms with van der Waals surface area (Å²) in [6, 6.07) is 2.89. The lowest BCUT2D eigenvalue weighted by molar-refractivity contribution is 0.00578. The first-order chi connectivity index (χ1) is 14.5. The molecule has 2 aromatic rings. The number of nitrogens with zero attached hydrogens (tertiary/aromatic N) is 1. The predicted octanol–water partition coefficient (Wildman–Crippen LogP) is 4.14. The summed E-state index contributed by atoms with van der Waals surface area (Å²) in [5.74, 6) is 0.697. The molecule has 1 saturated carbocycles. The highest BCUT2D eigenvalue weighted by Crippen LogP contribution is 2.38. The lowest BCUT2D eigenvalue weighted by Crippen LogP contribution is -2.41. The highest BCUT2D eigenvalue weighted by atomic mass is 19.1. The van der Waals surface area contributed by atoms with Crippen LogP contribution < -0.4 is 10.8 Å². The van der Waals surface area contributed by atoms with Gasteiger partial charge in [-0.25, -0.2) is 14.2 Å². The molecule has 1 saturated heterocycles. The molecule has 9 heteroatoms. The third-order valence-electron chi connectivity index (χ3n) is 7.25. The number of H-pyrrole nitrogens is 1. The molecule has 0 unspecified atom stereocenters. The molecule has 1 aromatic heterocycles. The van der Waals surface area contributed by atoms with Crippen LogP contribution in [-0.4, -0.2) is 39.5 Å². The second-order valence-electron chi connectivity index (χ2n) is 10.0. The maximum absolute atomic E-state index is 15.5. The van der Waals surface area contributed by atoms with Crippen molar-refractivity contribution in [1.29, 1.82) is 0 Å². The van der Waals surface area contributed by atoms with Crippen LogP contribution in [-0.2, 0) is 9.31 Å². The second-order valence-corrected chi connectivity index (χ2v) is 10.0. The first-order valence-electron chi connectivity index (χ1n) is 11.0. The van der Waals surface area contributed by atoms with E-state index in [2.05, 4.69) is 22.2 Å². The number of hydrogen-bond donors (Lipinski definition) is 3. The summed E-state index contributed by atoms with van der Waals surface area (Å²) in [6.07, 6.45) is 2.80. The number of benzene rings is 1. The molecule has 1 aliphatic carbocycles. The Labute approximate surface area is 182 Å². The van der Waals surface area contributed by atoms with Gasteiger partial charge in [-0.05, 0) is 58.4 Å². The first kappa shape index (κ1) is 22.1. The molecular formula is C22H31BFN3O4. The molecule has 1 amide bonds. The number of hydrogen-bond acceptors (Lipinski definition) is 4. The van der Waals surface area contributed by atoms with Gasteiger partial charge in [0.25, 0.3) is 0 Å². The SMILES string of the molecule is CC1CCC([C@H](NC(=O)O)c2nc3c(F)c(B4OC(C)(C)C(C)(C)O4)ccc3[nH]2)CC1. The number of halogens is 1. The van der Waals surface area contributed by atoms with Crippen LogP contribution in [0, 0.1) is 17.7 Å². The van der Waals surface area contributed by atoms with Gasteiger partial charge in [0.2, 0.25) is 0 Å². The van der Waals surface area contributed by atoms with Gasteiger partial charge in [-0.15, -0.1) is 0 Å². The zero-order chi connectivity index (χ0) is 22.6. The molecule has 7 nitrogen and oxygen atoms in total. The van der Waals surface area contributed by atoms with Crippen molar-refractivity contribution in [1.82, 2.24) is 15.3 Å². The van der Waals surface area contributed by atoms with Crippen molar-refractivity contribution >= 4 is 29.7 Å². The number of fused-ring (bicyclic) bond motifs is 1. The number of nitrogens with one attached hydrogen (secondary N) is 2. The van der Waals surface area contributed by atoms with Gasteiger partial charge in [-0.3, -0.25) is 0 Å². The summed E-state index contributed by atoms with van der Waals surface area (Å²) < 4.78 is 27.5. The number of carbonyl (C=O) groups is 1. The molecular weight excluding hydrogens is 400 g/mol. The fraction of sp³-hybridized carbons (Fsp3) is 0.636. The fourth-order valence-electron chi connectivity index (χ4n) is 4.54. The number of rotatable bonds is 4. The molecule has 168 valence electrons. The van der Waals surface area contributed by atoms with Gasteiger partial charge >= 0.3 is 13.2 Å². The number of amides is 1. The summed E-state index contributed by atoms with van der Waals surface area (Å²) in [5.41, 5.74) is -0.175. The summed E-state index contributed by atoms with van der Waals surface area (Å²) in [5, 5.41) is 12.0. The minimum absolute atomic E-state index is 0.124. The van der Waals surface area contributed by atoms with Gasteiger partial charge in [0.1, 0.15) is 11.3 Å². The van der Waals surface area contributed by atoms with Crippen molar-refractivity contribution in [2.45, 2.75) is 77.5 Å². The lowest BCUT2D eigenvalue weighted by Gasteiger charge is -2.32. The number of aromatic nitrogens is 2. The van der Waals surface area contributed by atoms with Crippen molar-refractivity contribution in [3.63, 3.8) is 0 Å². The minimum Gasteiger partial charge on any atom is -0.465 e. The Kier molecular flexibility index (Phi) is 5.54. The number of carboxylic acid groups (broad SMARTS) is 1. The third kappa shape index (κ3) is 4.05. The Morgan fingerprint density at radius 2 is 1.84 bits per heavy atom. The highest BCUT2D eigenvalue weighted by Gasteiger charge is 2.52. The lowest BCUT2D eigenvalue weighted by atomic mass is 9.78. The molecule has 0 radical (unpaired) electrons.